The highest BCUT2D eigenvalue weighted by Crippen LogP contribution is 2.56. The van der Waals surface area contributed by atoms with E-state index in [1.54, 1.807) is 13.8 Å². The number of aliphatic hydroxyl groups is 1. The third-order valence-electron chi connectivity index (χ3n) is 6.20. The first-order valence-electron chi connectivity index (χ1n) is 8.27. The zero-order chi connectivity index (χ0) is 17.1. The van der Waals surface area contributed by atoms with Crippen molar-refractivity contribution in [1.82, 2.24) is 0 Å². The molecule has 2 aliphatic carbocycles. The molecule has 0 radical (unpaired) electrons. The van der Waals surface area contributed by atoms with Gasteiger partial charge in [-0.2, -0.15) is 0 Å². The van der Waals surface area contributed by atoms with Gasteiger partial charge in [-0.25, -0.2) is 0 Å². The Morgan fingerprint density at radius 2 is 2.00 bits per heavy atom. The van der Waals surface area contributed by atoms with Crippen molar-refractivity contribution in [2.75, 3.05) is 0 Å². The molecule has 2 saturated carbocycles. The summed E-state index contributed by atoms with van der Waals surface area (Å²) in [6, 6.07) is 0. The Balaban J connectivity index is 2.12. The van der Waals surface area contributed by atoms with Gasteiger partial charge < -0.3 is 14.6 Å². The van der Waals surface area contributed by atoms with Crippen LogP contribution >= 0.6 is 0 Å². The van der Waals surface area contributed by atoms with E-state index in [4.69, 9.17) is 9.47 Å². The molecule has 8 atom stereocenters. The summed E-state index contributed by atoms with van der Waals surface area (Å²) in [4.78, 5) is 36.4. The molecule has 3 fully saturated rings. The Morgan fingerprint density at radius 1 is 1.35 bits per heavy atom. The Morgan fingerprint density at radius 3 is 2.61 bits per heavy atom. The zero-order valence-corrected chi connectivity index (χ0v) is 13.9. The van der Waals surface area contributed by atoms with Crippen LogP contribution in [0, 0.1) is 29.1 Å². The molecule has 0 aromatic rings. The van der Waals surface area contributed by atoms with Crippen LogP contribution in [0.4, 0.5) is 0 Å². The van der Waals surface area contributed by atoms with E-state index in [1.807, 2.05) is 6.92 Å². The van der Waals surface area contributed by atoms with Crippen LogP contribution in [0.1, 0.15) is 40.5 Å². The van der Waals surface area contributed by atoms with Crippen molar-refractivity contribution in [1.29, 1.82) is 0 Å². The predicted octanol–water partition coefficient (Wildman–Crippen LogP) is 1.09. The second kappa shape index (κ2) is 5.30. The molecule has 1 aliphatic heterocycles. The molecule has 23 heavy (non-hydrogen) atoms. The van der Waals surface area contributed by atoms with Crippen molar-refractivity contribution in [2.45, 2.75) is 58.8 Å². The molecule has 0 aromatic heterocycles. The number of hydrogen-bond acceptors (Lipinski definition) is 6. The highest BCUT2D eigenvalue weighted by Gasteiger charge is 2.66. The second-order valence-corrected chi connectivity index (χ2v) is 7.59. The van der Waals surface area contributed by atoms with Crippen molar-refractivity contribution in [2.24, 2.45) is 29.1 Å². The number of esters is 2. The predicted molar refractivity (Wildman–Crippen MR) is 79.1 cm³/mol. The standard InChI is InChI=1S/C17H24O6/c1-7-5-11-13(8(2)16(21)23-11)15(22-9(3)18)17(4)12(20)6-10(19)14(7)17/h7-8,10-11,13-15,19H,5-6H2,1-4H3/t7-,8+,10-,11-,13-,14-,15+,17-/m1/s1. The van der Waals surface area contributed by atoms with E-state index in [2.05, 4.69) is 0 Å². The van der Waals surface area contributed by atoms with Gasteiger partial charge >= 0.3 is 11.9 Å². The van der Waals surface area contributed by atoms with Crippen LogP contribution in [0.3, 0.4) is 0 Å². The minimum absolute atomic E-state index is 0.00684. The number of ketones is 1. The summed E-state index contributed by atoms with van der Waals surface area (Å²) in [6.45, 7) is 6.81. The van der Waals surface area contributed by atoms with Crippen LogP contribution in [0.5, 0.6) is 0 Å². The number of ether oxygens (including phenoxy) is 2. The summed E-state index contributed by atoms with van der Waals surface area (Å²) >= 11 is 0. The van der Waals surface area contributed by atoms with Crippen LogP contribution in [0.15, 0.2) is 0 Å². The molecule has 3 rings (SSSR count). The summed E-state index contributed by atoms with van der Waals surface area (Å²) in [5.74, 6) is -1.97. The van der Waals surface area contributed by atoms with Gasteiger partial charge in [-0.3, -0.25) is 14.4 Å². The number of rotatable bonds is 1. The van der Waals surface area contributed by atoms with E-state index in [9.17, 15) is 19.5 Å². The smallest absolute Gasteiger partial charge is 0.309 e. The van der Waals surface area contributed by atoms with Gasteiger partial charge in [0.1, 0.15) is 18.0 Å². The summed E-state index contributed by atoms with van der Waals surface area (Å²) in [6.07, 6.45) is -1.22. The number of carbonyl (C=O) groups excluding carboxylic acids is 3. The topological polar surface area (TPSA) is 89.9 Å². The number of hydrogen-bond donors (Lipinski definition) is 1. The molecule has 6 nitrogen and oxygen atoms in total. The minimum Gasteiger partial charge on any atom is -0.462 e. The molecule has 128 valence electrons. The quantitative estimate of drug-likeness (QED) is 0.726. The van der Waals surface area contributed by atoms with Crippen molar-refractivity contribution < 1.29 is 29.0 Å². The van der Waals surface area contributed by atoms with Crippen LogP contribution in [-0.4, -0.2) is 41.1 Å². The van der Waals surface area contributed by atoms with E-state index >= 15 is 0 Å². The molecule has 0 amide bonds. The molecular weight excluding hydrogens is 300 g/mol. The monoisotopic (exact) mass is 324 g/mol. The highest BCUT2D eigenvalue weighted by molar-refractivity contribution is 5.89. The molecule has 0 bridgehead atoms. The van der Waals surface area contributed by atoms with Gasteiger partial charge in [0.05, 0.1) is 17.4 Å². The summed E-state index contributed by atoms with van der Waals surface area (Å²) in [5.41, 5.74) is -0.980. The SMILES string of the molecule is CC(=O)O[C@H]1[C@@H]2[C@H](C)C(=O)O[C@@H]2C[C@@H](C)[C@@H]2[C@H](O)CC(=O)[C@]21C. The largest absolute Gasteiger partial charge is 0.462 e. The molecular formula is C17H24O6. The Kier molecular flexibility index (Phi) is 3.78. The number of carbonyl (C=O) groups is 3. The average molecular weight is 324 g/mol. The van der Waals surface area contributed by atoms with E-state index in [1.165, 1.54) is 6.92 Å². The van der Waals surface area contributed by atoms with Gasteiger partial charge in [-0.1, -0.05) is 13.8 Å². The van der Waals surface area contributed by atoms with Gasteiger partial charge in [-0.05, 0) is 19.3 Å². The lowest BCUT2D eigenvalue weighted by Gasteiger charge is -2.40. The van der Waals surface area contributed by atoms with E-state index in [0.717, 1.165) is 0 Å². The van der Waals surface area contributed by atoms with Gasteiger partial charge in [0.2, 0.25) is 0 Å². The second-order valence-electron chi connectivity index (χ2n) is 7.59. The summed E-state index contributed by atoms with van der Waals surface area (Å²) in [7, 11) is 0. The normalized spacial score (nSPS) is 49.2. The first-order chi connectivity index (χ1) is 10.7. The first-order valence-corrected chi connectivity index (χ1v) is 8.27. The van der Waals surface area contributed by atoms with Gasteiger partial charge in [0.25, 0.3) is 0 Å². The van der Waals surface area contributed by atoms with E-state index in [-0.39, 0.29) is 42.0 Å². The van der Waals surface area contributed by atoms with Crippen LogP contribution in [0.2, 0.25) is 0 Å². The fourth-order valence-corrected chi connectivity index (χ4v) is 5.21. The number of Topliss-reactive ketones (excluding diaryl/α,β-unsaturated/α-hetero) is 1. The molecule has 1 heterocycles. The Labute approximate surface area is 135 Å². The lowest BCUT2D eigenvalue weighted by Crippen LogP contribution is -2.50. The fourth-order valence-electron chi connectivity index (χ4n) is 5.21. The fraction of sp³-hybridized carbons (Fsp3) is 0.824. The molecule has 3 aliphatic rings. The summed E-state index contributed by atoms with van der Waals surface area (Å²) < 4.78 is 11.1. The van der Waals surface area contributed by atoms with Crippen molar-refractivity contribution in [3.8, 4) is 0 Å². The number of aliphatic hydroxyl groups excluding tert-OH is 1. The highest BCUT2D eigenvalue weighted by atomic mass is 16.6. The third-order valence-corrected chi connectivity index (χ3v) is 6.20. The molecule has 0 unspecified atom stereocenters. The molecule has 6 heteroatoms. The van der Waals surface area contributed by atoms with Crippen molar-refractivity contribution >= 4 is 17.7 Å². The Hall–Kier alpha value is -1.43. The molecule has 0 spiro atoms. The molecule has 1 saturated heterocycles. The zero-order valence-electron chi connectivity index (χ0n) is 13.9. The lowest BCUT2D eigenvalue weighted by atomic mass is 9.66. The average Bonchev–Trinajstić information content (AvgIpc) is 2.79. The van der Waals surface area contributed by atoms with Gasteiger partial charge in [0, 0.05) is 25.2 Å². The van der Waals surface area contributed by atoms with Crippen molar-refractivity contribution in [3.63, 3.8) is 0 Å². The minimum atomic E-state index is -0.980. The maximum atomic E-state index is 12.7. The lowest BCUT2D eigenvalue weighted by molar-refractivity contribution is -0.167. The van der Waals surface area contributed by atoms with Gasteiger partial charge in [-0.15, -0.1) is 0 Å². The van der Waals surface area contributed by atoms with Crippen LogP contribution in [0.25, 0.3) is 0 Å². The first kappa shape index (κ1) is 16.4. The van der Waals surface area contributed by atoms with E-state index < -0.39 is 29.5 Å². The maximum Gasteiger partial charge on any atom is 0.309 e. The summed E-state index contributed by atoms with van der Waals surface area (Å²) in [5, 5.41) is 10.4. The Bertz CT molecular complexity index is 557. The third kappa shape index (κ3) is 2.22. The van der Waals surface area contributed by atoms with E-state index in [0.29, 0.717) is 6.42 Å². The number of fused-ring (bicyclic) bond motifs is 2. The van der Waals surface area contributed by atoms with Crippen LogP contribution < -0.4 is 0 Å². The van der Waals surface area contributed by atoms with Crippen molar-refractivity contribution in [3.05, 3.63) is 0 Å². The molecule has 1 N–H and O–H groups in total. The maximum absolute atomic E-state index is 12.7. The van der Waals surface area contributed by atoms with Gasteiger partial charge in [0.15, 0.2) is 0 Å². The van der Waals surface area contributed by atoms with Crippen LogP contribution in [-0.2, 0) is 23.9 Å². The molecule has 0 aromatic carbocycles.